The van der Waals surface area contributed by atoms with Gasteiger partial charge in [-0.05, 0) is 49.2 Å². The molecule has 0 aliphatic carbocycles. The lowest BCUT2D eigenvalue weighted by Gasteiger charge is -2.34. The number of hydrogen-bond acceptors (Lipinski definition) is 4. The quantitative estimate of drug-likeness (QED) is 0.660. The van der Waals surface area contributed by atoms with Crippen LogP contribution >= 0.6 is 0 Å². The van der Waals surface area contributed by atoms with Crippen molar-refractivity contribution in [3.8, 4) is 0 Å². The zero-order valence-corrected chi connectivity index (χ0v) is 15.9. The van der Waals surface area contributed by atoms with Gasteiger partial charge in [0.2, 0.25) is 0 Å². The largest absolute Gasteiger partial charge is 0.307 e. The van der Waals surface area contributed by atoms with Crippen molar-refractivity contribution in [2.75, 3.05) is 13.1 Å². The molecule has 1 saturated heterocycles. The Bertz CT molecular complexity index is 844. The van der Waals surface area contributed by atoms with E-state index in [0.29, 0.717) is 6.04 Å². The number of nitrogens with zero attached hydrogens (tertiary/aromatic N) is 3. The fourth-order valence-electron chi connectivity index (χ4n) is 3.92. The summed E-state index contributed by atoms with van der Waals surface area (Å²) in [7, 11) is 0. The van der Waals surface area contributed by atoms with Gasteiger partial charge in [0.15, 0.2) is 0 Å². The van der Waals surface area contributed by atoms with E-state index in [1.165, 1.54) is 11.6 Å². The SMILES string of the molecule is Fc1cccc(CN2CCC(NC(Cc3ncn[nH]3)c3ccccc3)CC2)c1. The van der Waals surface area contributed by atoms with Crippen LogP contribution < -0.4 is 5.32 Å². The van der Waals surface area contributed by atoms with Gasteiger partial charge in [0.1, 0.15) is 18.0 Å². The van der Waals surface area contributed by atoms with Crippen LogP contribution in [0, 0.1) is 5.82 Å². The zero-order valence-electron chi connectivity index (χ0n) is 15.9. The van der Waals surface area contributed by atoms with Crippen LogP contribution in [0.25, 0.3) is 0 Å². The first-order valence-electron chi connectivity index (χ1n) is 9.88. The van der Waals surface area contributed by atoms with Crippen LogP contribution in [0.1, 0.15) is 35.8 Å². The zero-order chi connectivity index (χ0) is 19.2. The van der Waals surface area contributed by atoms with E-state index in [9.17, 15) is 4.39 Å². The van der Waals surface area contributed by atoms with Gasteiger partial charge in [-0.3, -0.25) is 10.00 Å². The van der Waals surface area contributed by atoms with E-state index in [4.69, 9.17) is 0 Å². The second kappa shape index (κ2) is 9.08. The normalized spacial score (nSPS) is 16.9. The van der Waals surface area contributed by atoms with E-state index < -0.39 is 0 Å². The Balaban J connectivity index is 1.35. The van der Waals surface area contributed by atoms with Gasteiger partial charge < -0.3 is 5.32 Å². The number of benzene rings is 2. The lowest BCUT2D eigenvalue weighted by atomic mass is 9.98. The van der Waals surface area contributed by atoms with Gasteiger partial charge in [0.05, 0.1) is 0 Å². The molecule has 1 atom stereocenters. The van der Waals surface area contributed by atoms with E-state index in [2.05, 4.69) is 49.7 Å². The number of aromatic amines is 1. The highest BCUT2D eigenvalue weighted by molar-refractivity contribution is 5.20. The van der Waals surface area contributed by atoms with Crippen molar-refractivity contribution in [2.24, 2.45) is 0 Å². The summed E-state index contributed by atoms with van der Waals surface area (Å²) in [5.74, 6) is 0.733. The second-order valence-corrected chi connectivity index (χ2v) is 7.45. The Hall–Kier alpha value is -2.57. The number of halogens is 1. The molecular weight excluding hydrogens is 353 g/mol. The lowest BCUT2D eigenvalue weighted by Crippen LogP contribution is -2.43. The molecule has 0 bridgehead atoms. The molecule has 6 heteroatoms. The van der Waals surface area contributed by atoms with Gasteiger partial charge >= 0.3 is 0 Å². The highest BCUT2D eigenvalue weighted by Crippen LogP contribution is 2.21. The molecule has 28 heavy (non-hydrogen) atoms. The highest BCUT2D eigenvalue weighted by Gasteiger charge is 2.23. The number of rotatable bonds is 7. The van der Waals surface area contributed by atoms with E-state index in [1.807, 2.05) is 12.1 Å². The lowest BCUT2D eigenvalue weighted by molar-refractivity contribution is 0.183. The molecule has 3 aromatic rings. The molecule has 1 aliphatic heterocycles. The maximum Gasteiger partial charge on any atom is 0.137 e. The molecular formula is C22H26FN5. The van der Waals surface area contributed by atoms with Crippen LogP contribution in [-0.2, 0) is 13.0 Å². The first-order chi connectivity index (χ1) is 13.8. The third kappa shape index (κ3) is 5.03. The molecule has 146 valence electrons. The molecule has 2 N–H and O–H groups in total. The van der Waals surface area contributed by atoms with Crippen LogP contribution in [-0.4, -0.2) is 39.2 Å². The Morgan fingerprint density at radius 3 is 2.64 bits per heavy atom. The molecule has 1 aliphatic rings. The molecule has 2 heterocycles. The molecule has 0 spiro atoms. The number of nitrogens with one attached hydrogen (secondary N) is 2. The molecule has 4 rings (SSSR count). The molecule has 1 fully saturated rings. The van der Waals surface area contributed by atoms with E-state index >= 15 is 0 Å². The third-order valence-corrected chi connectivity index (χ3v) is 5.38. The Labute approximate surface area is 165 Å². The Morgan fingerprint density at radius 1 is 1.11 bits per heavy atom. The maximum absolute atomic E-state index is 13.4. The first kappa shape index (κ1) is 18.8. The molecule has 1 aromatic heterocycles. The average Bonchev–Trinajstić information content (AvgIpc) is 3.23. The van der Waals surface area contributed by atoms with E-state index in [0.717, 1.165) is 50.3 Å². The Kier molecular flexibility index (Phi) is 6.09. The minimum Gasteiger partial charge on any atom is -0.307 e. The number of likely N-dealkylation sites (tertiary alicyclic amines) is 1. The van der Waals surface area contributed by atoms with Crippen molar-refractivity contribution in [1.82, 2.24) is 25.4 Å². The second-order valence-electron chi connectivity index (χ2n) is 7.45. The summed E-state index contributed by atoms with van der Waals surface area (Å²) >= 11 is 0. The minimum atomic E-state index is -0.160. The summed E-state index contributed by atoms with van der Waals surface area (Å²) in [6.07, 6.45) is 4.50. The first-order valence-corrected chi connectivity index (χ1v) is 9.88. The van der Waals surface area contributed by atoms with E-state index in [1.54, 1.807) is 18.5 Å². The van der Waals surface area contributed by atoms with Crippen LogP contribution in [0.5, 0.6) is 0 Å². The van der Waals surface area contributed by atoms with E-state index in [-0.39, 0.29) is 11.9 Å². The summed E-state index contributed by atoms with van der Waals surface area (Å²) in [6.45, 7) is 2.83. The highest BCUT2D eigenvalue weighted by atomic mass is 19.1. The predicted molar refractivity (Wildman–Crippen MR) is 107 cm³/mol. The molecule has 2 aromatic carbocycles. The molecule has 0 saturated carbocycles. The smallest absolute Gasteiger partial charge is 0.137 e. The fourth-order valence-corrected chi connectivity index (χ4v) is 3.92. The number of aromatic nitrogens is 3. The number of hydrogen-bond donors (Lipinski definition) is 2. The monoisotopic (exact) mass is 379 g/mol. The summed E-state index contributed by atoms with van der Waals surface area (Å²) in [4.78, 5) is 6.70. The Morgan fingerprint density at radius 2 is 1.93 bits per heavy atom. The molecule has 1 unspecified atom stereocenters. The minimum absolute atomic E-state index is 0.160. The van der Waals surface area contributed by atoms with Gasteiger partial charge in [0, 0.05) is 25.0 Å². The van der Waals surface area contributed by atoms with Crippen molar-refractivity contribution in [2.45, 2.75) is 37.9 Å². The summed E-state index contributed by atoms with van der Waals surface area (Å²) < 4.78 is 13.4. The third-order valence-electron chi connectivity index (χ3n) is 5.38. The number of H-pyrrole nitrogens is 1. The average molecular weight is 379 g/mol. The fraction of sp³-hybridized carbons (Fsp3) is 0.364. The molecule has 0 amide bonds. The van der Waals surface area contributed by atoms with Crippen LogP contribution in [0.3, 0.4) is 0 Å². The van der Waals surface area contributed by atoms with Crippen molar-refractivity contribution < 1.29 is 4.39 Å². The van der Waals surface area contributed by atoms with Gasteiger partial charge in [-0.25, -0.2) is 9.37 Å². The van der Waals surface area contributed by atoms with Crippen LogP contribution in [0.4, 0.5) is 4.39 Å². The van der Waals surface area contributed by atoms with Gasteiger partial charge in [-0.15, -0.1) is 0 Å². The summed E-state index contributed by atoms with van der Waals surface area (Å²) in [5.41, 5.74) is 2.31. The number of piperidine rings is 1. The van der Waals surface area contributed by atoms with Crippen molar-refractivity contribution in [3.05, 3.63) is 83.7 Å². The molecule has 5 nitrogen and oxygen atoms in total. The van der Waals surface area contributed by atoms with Crippen molar-refractivity contribution >= 4 is 0 Å². The summed E-state index contributed by atoms with van der Waals surface area (Å²) in [5, 5.41) is 10.8. The topological polar surface area (TPSA) is 56.8 Å². The van der Waals surface area contributed by atoms with Gasteiger partial charge in [-0.1, -0.05) is 42.5 Å². The van der Waals surface area contributed by atoms with Gasteiger partial charge in [0.25, 0.3) is 0 Å². The van der Waals surface area contributed by atoms with Crippen LogP contribution in [0.15, 0.2) is 60.9 Å². The molecule has 0 radical (unpaired) electrons. The summed E-state index contributed by atoms with van der Waals surface area (Å²) in [6, 6.07) is 18.1. The van der Waals surface area contributed by atoms with Crippen molar-refractivity contribution in [3.63, 3.8) is 0 Å². The predicted octanol–water partition coefficient (Wildman–Crippen LogP) is 3.48. The maximum atomic E-state index is 13.4. The van der Waals surface area contributed by atoms with Gasteiger partial charge in [-0.2, -0.15) is 5.10 Å². The van der Waals surface area contributed by atoms with Crippen molar-refractivity contribution in [1.29, 1.82) is 0 Å². The van der Waals surface area contributed by atoms with Crippen LogP contribution in [0.2, 0.25) is 0 Å². The standard InChI is InChI=1S/C22H26FN5/c23-19-8-4-5-17(13-19)15-28-11-9-20(10-12-28)26-21(14-22-24-16-25-27-22)18-6-2-1-3-7-18/h1-8,13,16,20-21,26H,9-12,14-15H2,(H,24,25,27).